The molecule has 0 saturated carbocycles. The Labute approximate surface area is 150 Å². The number of para-hydroxylation sites is 1. The second-order valence-corrected chi connectivity index (χ2v) is 5.95. The van der Waals surface area contributed by atoms with E-state index in [4.69, 9.17) is 0 Å². The number of pyridine rings is 1. The first kappa shape index (κ1) is 17.6. The van der Waals surface area contributed by atoms with Gasteiger partial charge in [-0.1, -0.05) is 24.3 Å². The van der Waals surface area contributed by atoms with Crippen LogP contribution in [0.15, 0.2) is 65.7 Å². The number of amides is 1. The van der Waals surface area contributed by atoms with Crippen LogP contribution in [0.1, 0.15) is 16.1 Å². The summed E-state index contributed by atoms with van der Waals surface area (Å²) in [7, 11) is 0. The molecule has 2 heterocycles. The maximum atomic E-state index is 12.4. The van der Waals surface area contributed by atoms with Crippen LogP contribution in [-0.4, -0.2) is 38.0 Å². The van der Waals surface area contributed by atoms with Gasteiger partial charge in [0.2, 0.25) is 0 Å². The quantitative estimate of drug-likeness (QED) is 0.696. The summed E-state index contributed by atoms with van der Waals surface area (Å²) in [4.78, 5) is 24.0. The molecule has 0 radical (unpaired) electrons. The minimum absolute atomic E-state index is 0.0378. The van der Waals surface area contributed by atoms with Crippen LogP contribution in [0.5, 0.6) is 0 Å². The van der Waals surface area contributed by atoms with Crippen LogP contribution in [0.3, 0.4) is 0 Å². The van der Waals surface area contributed by atoms with E-state index in [0.717, 1.165) is 5.69 Å². The van der Waals surface area contributed by atoms with Crippen molar-refractivity contribution in [1.29, 1.82) is 0 Å². The van der Waals surface area contributed by atoms with E-state index in [0.29, 0.717) is 11.3 Å². The standard InChI is InChI=1S/C19H20N4O3/c1-14-17(12-21-23(14)15-7-3-2-4-8-15)19(26)20-11-16(24)13-22-10-6-5-9-18(22)25/h2-10,12,16,24H,11,13H2,1H3,(H,20,26)/t16-/m1/s1. The van der Waals surface area contributed by atoms with Gasteiger partial charge in [-0.15, -0.1) is 0 Å². The lowest BCUT2D eigenvalue weighted by molar-refractivity contribution is 0.0902. The second-order valence-electron chi connectivity index (χ2n) is 5.95. The lowest BCUT2D eigenvalue weighted by atomic mass is 10.2. The zero-order chi connectivity index (χ0) is 18.5. The van der Waals surface area contributed by atoms with Crippen molar-refractivity contribution in [3.8, 4) is 5.69 Å². The highest BCUT2D eigenvalue weighted by Gasteiger charge is 2.16. The van der Waals surface area contributed by atoms with Gasteiger partial charge < -0.3 is 15.0 Å². The molecule has 134 valence electrons. The lowest BCUT2D eigenvalue weighted by Gasteiger charge is -2.13. The van der Waals surface area contributed by atoms with Crippen molar-refractivity contribution < 1.29 is 9.90 Å². The van der Waals surface area contributed by atoms with Crippen molar-refractivity contribution in [2.24, 2.45) is 0 Å². The summed E-state index contributed by atoms with van der Waals surface area (Å²) in [5.41, 5.74) is 1.82. The van der Waals surface area contributed by atoms with Crippen molar-refractivity contribution in [2.75, 3.05) is 6.54 Å². The molecule has 0 fully saturated rings. The Balaban J connectivity index is 1.63. The summed E-state index contributed by atoms with van der Waals surface area (Å²) < 4.78 is 3.09. The Morgan fingerprint density at radius 1 is 1.19 bits per heavy atom. The number of carbonyl (C=O) groups excluding carboxylic acids is 1. The summed E-state index contributed by atoms with van der Waals surface area (Å²) in [6.45, 7) is 1.97. The van der Waals surface area contributed by atoms with Gasteiger partial charge in [-0.3, -0.25) is 9.59 Å². The molecule has 0 saturated heterocycles. The van der Waals surface area contributed by atoms with E-state index in [1.54, 1.807) is 23.0 Å². The number of hydrogen-bond acceptors (Lipinski definition) is 4. The van der Waals surface area contributed by atoms with Crippen molar-refractivity contribution in [2.45, 2.75) is 19.6 Å². The lowest BCUT2D eigenvalue weighted by Crippen LogP contribution is -2.36. The fourth-order valence-corrected chi connectivity index (χ4v) is 2.67. The Bertz CT molecular complexity index is 947. The molecule has 0 bridgehead atoms. The molecule has 0 spiro atoms. The van der Waals surface area contributed by atoms with Crippen LogP contribution in [0, 0.1) is 6.92 Å². The topological polar surface area (TPSA) is 89.2 Å². The van der Waals surface area contributed by atoms with Gasteiger partial charge in [0.1, 0.15) is 0 Å². The van der Waals surface area contributed by atoms with Crippen LogP contribution < -0.4 is 10.9 Å². The molecule has 0 aliphatic carbocycles. The van der Waals surface area contributed by atoms with E-state index in [1.165, 1.54) is 16.8 Å². The highest BCUT2D eigenvalue weighted by molar-refractivity contribution is 5.95. The summed E-state index contributed by atoms with van der Waals surface area (Å²) in [5, 5.41) is 17.0. The number of carbonyl (C=O) groups is 1. The van der Waals surface area contributed by atoms with E-state index < -0.39 is 6.10 Å². The molecule has 1 atom stereocenters. The van der Waals surface area contributed by atoms with Gasteiger partial charge in [-0.25, -0.2) is 4.68 Å². The number of aromatic nitrogens is 3. The molecule has 7 heteroatoms. The van der Waals surface area contributed by atoms with Gasteiger partial charge in [0.25, 0.3) is 11.5 Å². The molecule has 2 N–H and O–H groups in total. The third kappa shape index (κ3) is 3.89. The van der Waals surface area contributed by atoms with Gasteiger partial charge >= 0.3 is 0 Å². The third-order valence-electron chi connectivity index (χ3n) is 4.06. The van der Waals surface area contributed by atoms with E-state index >= 15 is 0 Å². The van der Waals surface area contributed by atoms with Gasteiger partial charge in [0.05, 0.1) is 35.8 Å². The fourth-order valence-electron chi connectivity index (χ4n) is 2.67. The van der Waals surface area contributed by atoms with Gasteiger partial charge in [0, 0.05) is 18.8 Å². The van der Waals surface area contributed by atoms with Crippen molar-refractivity contribution >= 4 is 5.91 Å². The zero-order valence-corrected chi connectivity index (χ0v) is 14.4. The zero-order valence-electron chi connectivity index (χ0n) is 14.4. The maximum Gasteiger partial charge on any atom is 0.254 e. The first-order valence-electron chi connectivity index (χ1n) is 8.28. The molecule has 1 amide bonds. The minimum Gasteiger partial charge on any atom is -0.389 e. The van der Waals surface area contributed by atoms with E-state index in [1.807, 2.05) is 37.3 Å². The van der Waals surface area contributed by atoms with Crippen molar-refractivity contribution in [3.05, 3.63) is 82.5 Å². The van der Waals surface area contributed by atoms with Crippen LogP contribution in [-0.2, 0) is 6.54 Å². The average molecular weight is 352 g/mol. The normalized spacial score (nSPS) is 11.9. The Morgan fingerprint density at radius 2 is 1.92 bits per heavy atom. The number of nitrogens with one attached hydrogen (secondary N) is 1. The molecule has 0 aliphatic rings. The van der Waals surface area contributed by atoms with Crippen LogP contribution in [0.4, 0.5) is 0 Å². The number of aliphatic hydroxyl groups excluding tert-OH is 1. The first-order chi connectivity index (χ1) is 12.6. The monoisotopic (exact) mass is 352 g/mol. The highest BCUT2D eigenvalue weighted by atomic mass is 16.3. The number of benzene rings is 1. The van der Waals surface area contributed by atoms with Gasteiger partial charge in [-0.2, -0.15) is 5.10 Å². The smallest absolute Gasteiger partial charge is 0.254 e. The predicted molar refractivity (Wildman–Crippen MR) is 97.3 cm³/mol. The molecule has 0 aliphatic heterocycles. The van der Waals surface area contributed by atoms with Crippen LogP contribution >= 0.6 is 0 Å². The fraction of sp³-hybridized carbons (Fsp3) is 0.211. The van der Waals surface area contributed by atoms with Gasteiger partial charge in [0.15, 0.2) is 0 Å². The Kier molecular flexibility index (Phi) is 5.28. The molecule has 3 rings (SSSR count). The average Bonchev–Trinajstić information content (AvgIpc) is 3.04. The van der Waals surface area contributed by atoms with Crippen LogP contribution in [0.2, 0.25) is 0 Å². The molecular weight excluding hydrogens is 332 g/mol. The summed E-state index contributed by atoms with van der Waals surface area (Å²) >= 11 is 0. The minimum atomic E-state index is -0.872. The molecular formula is C19H20N4O3. The van der Waals surface area contributed by atoms with E-state index in [9.17, 15) is 14.7 Å². The molecule has 0 unspecified atom stereocenters. The molecule has 1 aromatic carbocycles. The number of hydrogen-bond donors (Lipinski definition) is 2. The summed E-state index contributed by atoms with van der Waals surface area (Å²) in [6, 6.07) is 14.3. The SMILES string of the molecule is Cc1c(C(=O)NC[C@@H](O)Cn2ccccc2=O)cnn1-c1ccccc1. The maximum absolute atomic E-state index is 12.4. The van der Waals surface area contributed by atoms with Crippen LogP contribution in [0.25, 0.3) is 5.69 Å². The molecule has 7 nitrogen and oxygen atoms in total. The van der Waals surface area contributed by atoms with E-state index in [2.05, 4.69) is 10.4 Å². The highest BCUT2D eigenvalue weighted by Crippen LogP contribution is 2.13. The van der Waals surface area contributed by atoms with E-state index in [-0.39, 0.29) is 24.6 Å². The third-order valence-corrected chi connectivity index (χ3v) is 4.06. The summed E-state index contributed by atoms with van der Waals surface area (Å²) in [6.07, 6.45) is 2.23. The molecule has 2 aromatic heterocycles. The van der Waals surface area contributed by atoms with Gasteiger partial charge in [-0.05, 0) is 25.1 Å². The second kappa shape index (κ2) is 7.79. The number of nitrogens with zero attached hydrogens (tertiary/aromatic N) is 3. The predicted octanol–water partition coefficient (Wildman–Crippen LogP) is 1.13. The number of aliphatic hydroxyl groups is 1. The molecule has 26 heavy (non-hydrogen) atoms. The largest absolute Gasteiger partial charge is 0.389 e. The van der Waals surface area contributed by atoms with Crippen molar-refractivity contribution in [1.82, 2.24) is 19.7 Å². The Morgan fingerprint density at radius 3 is 2.65 bits per heavy atom. The molecule has 3 aromatic rings. The Hall–Kier alpha value is -3.19. The first-order valence-corrected chi connectivity index (χ1v) is 8.28. The van der Waals surface area contributed by atoms with Crippen molar-refractivity contribution in [3.63, 3.8) is 0 Å². The summed E-state index contributed by atoms with van der Waals surface area (Å²) in [5.74, 6) is -0.316. The number of rotatable bonds is 6.